The van der Waals surface area contributed by atoms with Crippen LogP contribution in [0.3, 0.4) is 0 Å². The number of benzene rings is 1. The molecule has 1 heterocycles. The Labute approximate surface area is 157 Å². The molecule has 0 fully saturated rings. The Kier molecular flexibility index (Phi) is 7.64. The van der Waals surface area contributed by atoms with Crippen LogP contribution in [-0.4, -0.2) is 25.2 Å². The summed E-state index contributed by atoms with van der Waals surface area (Å²) < 4.78 is 6.08. The third-order valence-electron chi connectivity index (χ3n) is 3.93. The molecule has 1 aliphatic heterocycles. The summed E-state index contributed by atoms with van der Waals surface area (Å²) in [5.74, 6) is 2.51. The molecule has 130 valence electrons. The Balaban J connectivity index is 0.00000264. The Morgan fingerprint density at radius 3 is 2.70 bits per heavy atom. The van der Waals surface area contributed by atoms with Crippen molar-refractivity contribution in [3.63, 3.8) is 0 Å². The molecule has 1 unspecified atom stereocenters. The maximum atomic E-state index is 6.08. The first kappa shape index (κ1) is 20.1. The van der Waals surface area contributed by atoms with Crippen LogP contribution < -0.4 is 15.4 Å². The van der Waals surface area contributed by atoms with E-state index < -0.39 is 0 Å². The first-order valence-corrected chi connectivity index (χ1v) is 8.16. The number of nitrogens with zero attached hydrogens (tertiary/aromatic N) is 1. The molecule has 4 nitrogen and oxygen atoms in total. The van der Waals surface area contributed by atoms with E-state index in [0.717, 1.165) is 31.1 Å². The first-order valence-electron chi connectivity index (χ1n) is 8.16. The van der Waals surface area contributed by atoms with Gasteiger partial charge in [0.25, 0.3) is 0 Å². The second kappa shape index (κ2) is 8.76. The predicted octanol–water partition coefficient (Wildman–Crippen LogP) is 4.12. The SMILES string of the molecule is CN=C(NCCC(C)C)NC1CC(C)(C)Oc2ccccc21.I. The molecule has 2 N–H and O–H groups in total. The Hall–Kier alpha value is -0.980. The van der Waals surface area contributed by atoms with Crippen LogP contribution in [0.4, 0.5) is 0 Å². The molecule has 1 aromatic carbocycles. The van der Waals surface area contributed by atoms with Gasteiger partial charge in [-0.1, -0.05) is 32.0 Å². The van der Waals surface area contributed by atoms with E-state index in [1.807, 2.05) is 19.2 Å². The van der Waals surface area contributed by atoms with E-state index in [4.69, 9.17) is 4.74 Å². The van der Waals surface area contributed by atoms with Gasteiger partial charge < -0.3 is 15.4 Å². The number of rotatable bonds is 4. The number of fused-ring (bicyclic) bond motifs is 1. The second-order valence-electron chi connectivity index (χ2n) is 6.98. The van der Waals surface area contributed by atoms with Gasteiger partial charge in [-0.25, -0.2) is 0 Å². The second-order valence-corrected chi connectivity index (χ2v) is 6.98. The Morgan fingerprint density at radius 1 is 1.35 bits per heavy atom. The number of ether oxygens (including phenoxy) is 1. The highest BCUT2D eigenvalue weighted by Gasteiger charge is 2.33. The van der Waals surface area contributed by atoms with Crippen LogP contribution >= 0.6 is 24.0 Å². The predicted molar refractivity (Wildman–Crippen MR) is 108 cm³/mol. The lowest BCUT2D eigenvalue weighted by Crippen LogP contribution is -2.45. The summed E-state index contributed by atoms with van der Waals surface area (Å²) >= 11 is 0. The number of hydrogen-bond acceptors (Lipinski definition) is 2. The third kappa shape index (κ3) is 5.86. The van der Waals surface area contributed by atoms with Crippen LogP contribution in [0.15, 0.2) is 29.3 Å². The van der Waals surface area contributed by atoms with E-state index in [1.54, 1.807) is 0 Å². The van der Waals surface area contributed by atoms with Gasteiger partial charge in [0.15, 0.2) is 5.96 Å². The average Bonchev–Trinajstić information content (AvgIpc) is 2.44. The minimum absolute atomic E-state index is 0. The number of guanidine groups is 1. The fraction of sp³-hybridized carbons (Fsp3) is 0.611. The van der Waals surface area contributed by atoms with Crippen molar-refractivity contribution < 1.29 is 4.74 Å². The Bertz CT molecular complexity index is 529. The maximum Gasteiger partial charge on any atom is 0.191 e. The molecule has 1 atom stereocenters. The molecule has 0 bridgehead atoms. The molecule has 0 aromatic heterocycles. The van der Waals surface area contributed by atoms with Crippen molar-refractivity contribution in [2.75, 3.05) is 13.6 Å². The maximum absolute atomic E-state index is 6.08. The highest BCUT2D eigenvalue weighted by Crippen LogP contribution is 2.39. The largest absolute Gasteiger partial charge is 0.487 e. The van der Waals surface area contributed by atoms with E-state index in [9.17, 15) is 0 Å². The number of hydrogen-bond donors (Lipinski definition) is 2. The summed E-state index contributed by atoms with van der Waals surface area (Å²) in [7, 11) is 1.82. The van der Waals surface area contributed by atoms with E-state index in [-0.39, 0.29) is 35.6 Å². The van der Waals surface area contributed by atoms with Crippen LogP contribution in [0.2, 0.25) is 0 Å². The third-order valence-corrected chi connectivity index (χ3v) is 3.93. The highest BCUT2D eigenvalue weighted by molar-refractivity contribution is 14.0. The fourth-order valence-corrected chi connectivity index (χ4v) is 2.77. The molecular formula is C18H30IN3O. The first-order chi connectivity index (χ1) is 10.4. The van der Waals surface area contributed by atoms with Gasteiger partial charge in [-0.3, -0.25) is 4.99 Å². The molecule has 0 saturated carbocycles. The summed E-state index contributed by atoms with van der Waals surface area (Å²) in [5.41, 5.74) is 1.02. The zero-order valence-corrected chi connectivity index (χ0v) is 17.2. The molecule has 1 aliphatic rings. The van der Waals surface area contributed by atoms with Crippen molar-refractivity contribution >= 4 is 29.9 Å². The molecular weight excluding hydrogens is 401 g/mol. The molecule has 0 amide bonds. The van der Waals surface area contributed by atoms with Gasteiger partial charge in [0.2, 0.25) is 0 Å². The Morgan fingerprint density at radius 2 is 2.04 bits per heavy atom. The summed E-state index contributed by atoms with van der Waals surface area (Å²) in [6, 6.07) is 8.46. The van der Waals surface area contributed by atoms with Gasteiger partial charge in [-0.15, -0.1) is 24.0 Å². The van der Waals surface area contributed by atoms with Gasteiger partial charge in [0.1, 0.15) is 11.4 Å². The lowest BCUT2D eigenvalue weighted by Gasteiger charge is -2.38. The minimum Gasteiger partial charge on any atom is -0.487 e. The molecule has 2 rings (SSSR count). The van der Waals surface area contributed by atoms with E-state index in [1.165, 1.54) is 5.56 Å². The summed E-state index contributed by atoms with van der Waals surface area (Å²) in [5, 5.41) is 6.95. The van der Waals surface area contributed by atoms with Crippen molar-refractivity contribution in [2.24, 2.45) is 10.9 Å². The lowest BCUT2D eigenvalue weighted by molar-refractivity contribution is 0.0694. The van der Waals surface area contributed by atoms with E-state index in [0.29, 0.717) is 5.92 Å². The standard InChI is InChI=1S/C18H29N3O.HI/c1-13(2)10-11-20-17(19-5)21-15-12-18(3,4)22-16-9-7-6-8-14(15)16;/h6-9,13,15H,10-12H2,1-5H3,(H2,19,20,21);1H. The van der Waals surface area contributed by atoms with Crippen LogP contribution in [0.5, 0.6) is 5.75 Å². The summed E-state index contributed by atoms with van der Waals surface area (Å²) in [6.07, 6.45) is 2.05. The fourth-order valence-electron chi connectivity index (χ4n) is 2.77. The van der Waals surface area contributed by atoms with Gasteiger partial charge >= 0.3 is 0 Å². The molecule has 0 radical (unpaired) electrons. The molecule has 0 aliphatic carbocycles. The van der Waals surface area contributed by atoms with Gasteiger partial charge in [0, 0.05) is 25.6 Å². The van der Waals surface area contributed by atoms with Gasteiger partial charge in [-0.2, -0.15) is 0 Å². The molecule has 5 heteroatoms. The monoisotopic (exact) mass is 431 g/mol. The minimum atomic E-state index is -0.178. The van der Waals surface area contributed by atoms with Crippen molar-refractivity contribution in [1.29, 1.82) is 0 Å². The van der Waals surface area contributed by atoms with Crippen molar-refractivity contribution in [3.05, 3.63) is 29.8 Å². The van der Waals surface area contributed by atoms with Crippen molar-refractivity contribution in [1.82, 2.24) is 10.6 Å². The van der Waals surface area contributed by atoms with E-state index in [2.05, 4.69) is 55.5 Å². The number of aliphatic imine (C=N–C) groups is 1. The molecule has 23 heavy (non-hydrogen) atoms. The molecule has 0 saturated heterocycles. The summed E-state index contributed by atoms with van der Waals surface area (Å²) in [6.45, 7) is 9.66. The molecule has 0 spiro atoms. The van der Waals surface area contributed by atoms with Crippen LogP contribution in [-0.2, 0) is 0 Å². The average molecular weight is 431 g/mol. The number of para-hydroxylation sites is 1. The molecule has 1 aromatic rings. The van der Waals surface area contributed by atoms with E-state index >= 15 is 0 Å². The summed E-state index contributed by atoms with van der Waals surface area (Å²) in [4.78, 5) is 4.35. The van der Waals surface area contributed by atoms with Crippen LogP contribution in [0, 0.1) is 5.92 Å². The smallest absolute Gasteiger partial charge is 0.191 e. The van der Waals surface area contributed by atoms with Crippen molar-refractivity contribution in [3.8, 4) is 5.75 Å². The van der Waals surface area contributed by atoms with Gasteiger partial charge in [0.05, 0.1) is 6.04 Å². The number of nitrogens with one attached hydrogen (secondary N) is 2. The topological polar surface area (TPSA) is 45.7 Å². The normalized spacial score (nSPS) is 19.4. The quantitative estimate of drug-likeness (QED) is 0.429. The van der Waals surface area contributed by atoms with Crippen LogP contribution in [0.25, 0.3) is 0 Å². The zero-order valence-electron chi connectivity index (χ0n) is 14.8. The van der Waals surface area contributed by atoms with Gasteiger partial charge in [-0.05, 0) is 32.3 Å². The zero-order chi connectivity index (χ0) is 16.2. The lowest BCUT2D eigenvalue weighted by atomic mass is 9.90. The van der Waals surface area contributed by atoms with Crippen molar-refractivity contribution in [2.45, 2.75) is 52.2 Å². The number of halogens is 1. The highest BCUT2D eigenvalue weighted by atomic mass is 127. The van der Waals surface area contributed by atoms with Crippen LogP contribution in [0.1, 0.15) is 52.1 Å².